The molecule has 0 aromatic heterocycles. The number of aromatic carboxylic acids is 1. The van der Waals surface area contributed by atoms with E-state index in [0.717, 1.165) is 5.56 Å². The third-order valence-electron chi connectivity index (χ3n) is 3.36. The number of ketones is 2. The fourth-order valence-electron chi connectivity index (χ4n) is 2.30. The van der Waals surface area contributed by atoms with Gasteiger partial charge in [-0.2, -0.15) is 0 Å². The number of rotatable bonds is 2. The molecular weight excluding hydrogens is 268 g/mol. The number of hydrogen-bond donors (Lipinski definition) is 1. The smallest absolute Gasteiger partial charge is 0.335 e. The molecule has 2 aromatic rings. The first kappa shape index (κ1) is 13.0. The predicted molar refractivity (Wildman–Crippen MR) is 76.5 cm³/mol. The molecule has 0 heterocycles. The molecule has 0 saturated heterocycles. The predicted octanol–water partition coefficient (Wildman–Crippen LogP) is 2.85. The molecule has 0 fully saturated rings. The van der Waals surface area contributed by atoms with Gasteiger partial charge in [-0.1, -0.05) is 30.3 Å². The summed E-state index contributed by atoms with van der Waals surface area (Å²) in [6.07, 6.45) is 1.53. The highest BCUT2D eigenvalue weighted by atomic mass is 16.4. The number of benzene rings is 2. The van der Waals surface area contributed by atoms with Crippen LogP contribution in [0.2, 0.25) is 0 Å². The number of hydrogen-bond acceptors (Lipinski definition) is 3. The zero-order chi connectivity index (χ0) is 15.0. The highest BCUT2D eigenvalue weighted by Crippen LogP contribution is 2.28. The summed E-state index contributed by atoms with van der Waals surface area (Å²) in [6.45, 7) is 0. The summed E-state index contributed by atoms with van der Waals surface area (Å²) in [6, 6.07) is 13.0. The van der Waals surface area contributed by atoms with Gasteiger partial charge in [0.2, 0.25) is 0 Å². The van der Waals surface area contributed by atoms with Gasteiger partial charge in [-0.3, -0.25) is 9.59 Å². The van der Waals surface area contributed by atoms with Gasteiger partial charge in [0.05, 0.1) is 11.1 Å². The lowest BCUT2D eigenvalue weighted by atomic mass is 10.1. The zero-order valence-corrected chi connectivity index (χ0v) is 10.9. The molecule has 102 valence electrons. The van der Waals surface area contributed by atoms with Gasteiger partial charge < -0.3 is 5.11 Å². The van der Waals surface area contributed by atoms with Crippen molar-refractivity contribution in [2.45, 2.75) is 0 Å². The zero-order valence-electron chi connectivity index (χ0n) is 10.9. The van der Waals surface area contributed by atoms with Crippen LogP contribution in [-0.4, -0.2) is 22.6 Å². The van der Waals surface area contributed by atoms with Crippen molar-refractivity contribution in [1.82, 2.24) is 0 Å². The van der Waals surface area contributed by atoms with Gasteiger partial charge in [0.25, 0.3) is 0 Å². The van der Waals surface area contributed by atoms with E-state index in [9.17, 15) is 14.4 Å². The molecule has 1 N–H and O–H groups in total. The van der Waals surface area contributed by atoms with E-state index in [-0.39, 0.29) is 28.0 Å². The molecule has 3 rings (SSSR count). The molecule has 0 unspecified atom stereocenters. The van der Waals surface area contributed by atoms with Gasteiger partial charge in [-0.15, -0.1) is 0 Å². The monoisotopic (exact) mass is 278 g/mol. The van der Waals surface area contributed by atoms with Gasteiger partial charge in [0.1, 0.15) is 0 Å². The van der Waals surface area contributed by atoms with Crippen molar-refractivity contribution in [3.63, 3.8) is 0 Å². The van der Waals surface area contributed by atoms with Gasteiger partial charge in [-0.25, -0.2) is 4.79 Å². The van der Waals surface area contributed by atoms with Crippen LogP contribution in [0.25, 0.3) is 6.08 Å². The molecule has 0 aliphatic heterocycles. The number of allylic oxidation sites excluding steroid dienone is 1. The maximum absolute atomic E-state index is 12.3. The first-order valence-electron chi connectivity index (χ1n) is 6.31. The molecule has 0 atom stereocenters. The number of carbonyl (C=O) groups excluding carboxylic acids is 2. The quantitative estimate of drug-likeness (QED) is 0.677. The second kappa shape index (κ2) is 4.83. The standard InChI is InChI=1S/C17H10O4/c18-15-12-7-6-11(17(20)21)9-13(12)16(19)14(15)8-10-4-2-1-3-5-10/h1-9H,(H,20,21)/b14-8-. The minimum absolute atomic E-state index is 0.00383. The summed E-state index contributed by atoms with van der Waals surface area (Å²) in [5.41, 5.74) is 1.23. The Bertz CT molecular complexity index is 801. The molecular formula is C17H10O4. The molecule has 0 bridgehead atoms. The Morgan fingerprint density at radius 1 is 0.905 bits per heavy atom. The number of Topliss-reactive ketones (excluding diaryl/α,β-unsaturated/α-hetero) is 2. The van der Waals surface area contributed by atoms with Crippen molar-refractivity contribution < 1.29 is 19.5 Å². The molecule has 0 radical (unpaired) electrons. The van der Waals surface area contributed by atoms with E-state index >= 15 is 0 Å². The van der Waals surface area contributed by atoms with Crippen molar-refractivity contribution in [1.29, 1.82) is 0 Å². The van der Waals surface area contributed by atoms with Crippen LogP contribution in [0.1, 0.15) is 36.6 Å². The Kier molecular flexibility index (Phi) is 2.99. The molecule has 0 spiro atoms. The Morgan fingerprint density at radius 2 is 1.57 bits per heavy atom. The van der Waals surface area contributed by atoms with Crippen molar-refractivity contribution in [2.75, 3.05) is 0 Å². The van der Waals surface area contributed by atoms with Crippen LogP contribution in [0.5, 0.6) is 0 Å². The molecule has 1 aliphatic rings. The number of carbonyl (C=O) groups is 3. The molecule has 0 amide bonds. The van der Waals surface area contributed by atoms with Crippen molar-refractivity contribution in [2.24, 2.45) is 0 Å². The fraction of sp³-hybridized carbons (Fsp3) is 0. The second-order valence-corrected chi connectivity index (χ2v) is 4.69. The van der Waals surface area contributed by atoms with Crippen LogP contribution in [0.4, 0.5) is 0 Å². The minimum atomic E-state index is -1.13. The topological polar surface area (TPSA) is 71.4 Å². The van der Waals surface area contributed by atoms with Crippen LogP contribution in [0.3, 0.4) is 0 Å². The average molecular weight is 278 g/mol. The van der Waals surface area contributed by atoms with E-state index in [4.69, 9.17) is 5.11 Å². The molecule has 21 heavy (non-hydrogen) atoms. The SMILES string of the molecule is O=C(O)c1ccc2c(c1)C(=O)/C(=C\c1ccccc1)C2=O. The Hall–Kier alpha value is -3.01. The first-order chi connectivity index (χ1) is 10.1. The number of carboxylic acids is 1. The third kappa shape index (κ3) is 2.17. The second-order valence-electron chi connectivity index (χ2n) is 4.69. The lowest BCUT2D eigenvalue weighted by Crippen LogP contribution is -2.00. The van der Waals surface area contributed by atoms with Gasteiger partial charge >= 0.3 is 5.97 Å². The molecule has 4 heteroatoms. The normalized spacial score (nSPS) is 15.3. The van der Waals surface area contributed by atoms with Crippen LogP contribution in [0.15, 0.2) is 54.1 Å². The van der Waals surface area contributed by atoms with Gasteiger partial charge in [0.15, 0.2) is 11.6 Å². The van der Waals surface area contributed by atoms with E-state index in [0.29, 0.717) is 0 Å². The Balaban J connectivity index is 2.09. The van der Waals surface area contributed by atoms with Crippen LogP contribution < -0.4 is 0 Å². The van der Waals surface area contributed by atoms with Crippen molar-refractivity contribution in [3.8, 4) is 0 Å². The minimum Gasteiger partial charge on any atom is -0.478 e. The largest absolute Gasteiger partial charge is 0.478 e. The fourth-order valence-corrected chi connectivity index (χ4v) is 2.30. The van der Waals surface area contributed by atoms with Gasteiger partial charge in [0, 0.05) is 11.1 Å². The van der Waals surface area contributed by atoms with Crippen molar-refractivity contribution in [3.05, 3.63) is 76.4 Å². The van der Waals surface area contributed by atoms with Crippen LogP contribution >= 0.6 is 0 Å². The Labute approximate surface area is 120 Å². The van der Waals surface area contributed by atoms with E-state index in [2.05, 4.69) is 0 Å². The lowest BCUT2D eigenvalue weighted by molar-refractivity contribution is 0.0696. The highest BCUT2D eigenvalue weighted by Gasteiger charge is 2.33. The third-order valence-corrected chi connectivity index (χ3v) is 3.36. The van der Waals surface area contributed by atoms with Gasteiger partial charge in [-0.05, 0) is 29.8 Å². The van der Waals surface area contributed by atoms with E-state index in [1.807, 2.05) is 18.2 Å². The van der Waals surface area contributed by atoms with E-state index < -0.39 is 11.8 Å². The molecule has 2 aromatic carbocycles. The average Bonchev–Trinajstić information content (AvgIpc) is 2.73. The summed E-state index contributed by atoms with van der Waals surface area (Å²) < 4.78 is 0. The summed E-state index contributed by atoms with van der Waals surface area (Å²) in [7, 11) is 0. The number of fused-ring (bicyclic) bond motifs is 1. The summed E-state index contributed by atoms with van der Waals surface area (Å²) >= 11 is 0. The first-order valence-corrected chi connectivity index (χ1v) is 6.31. The molecule has 4 nitrogen and oxygen atoms in total. The maximum atomic E-state index is 12.3. The van der Waals surface area contributed by atoms with Crippen LogP contribution in [0, 0.1) is 0 Å². The summed E-state index contributed by atoms with van der Waals surface area (Å²) in [5, 5.41) is 8.96. The van der Waals surface area contributed by atoms with E-state index in [1.165, 1.54) is 24.3 Å². The van der Waals surface area contributed by atoms with E-state index in [1.54, 1.807) is 12.1 Å². The highest BCUT2D eigenvalue weighted by molar-refractivity contribution is 6.41. The molecule has 0 saturated carbocycles. The lowest BCUT2D eigenvalue weighted by Gasteiger charge is -1.97. The Morgan fingerprint density at radius 3 is 2.24 bits per heavy atom. The summed E-state index contributed by atoms with van der Waals surface area (Å²) in [5.74, 6) is -1.92. The molecule has 1 aliphatic carbocycles. The maximum Gasteiger partial charge on any atom is 0.335 e. The summed E-state index contributed by atoms with van der Waals surface area (Å²) in [4.78, 5) is 35.5. The van der Waals surface area contributed by atoms with Crippen LogP contribution in [-0.2, 0) is 0 Å². The van der Waals surface area contributed by atoms with Crippen molar-refractivity contribution >= 4 is 23.6 Å². The number of carboxylic acid groups (broad SMARTS) is 1.